The molecule has 2 amide bonds. The van der Waals surface area contributed by atoms with Crippen molar-refractivity contribution < 1.29 is 19.1 Å². The van der Waals surface area contributed by atoms with Gasteiger partial charge in [0, 0.05) is 25.1 Å². The highest BCUT2D eigenvalue weighted by molar-refractivity contribution is 7.99. The number of benzene rings is 1. The highest BCUT2D eigenvalue weighted by atomic mass is 32.2. The van der Waals surface area contributed by atoms with Crippen molar-refractivity contribution in [3.63, 3.8) is 0 Å². The van der Waals surface area contributed by atoms with E-state index in [-0.39, 0.29) is 23.7 Å². The predicted octanol–water partition coefficient (Wildman–Crippen LogP) is 2.37. The average molecular weight is 417 g/mol. The van der Waals surface area contributed by atoms with Crippen LogP contribution in [0.15, 0.2) is 29.4 Å². The summed E-state index contributed by atoms with van der Waals surface area (Å²) in [7, 11) is 1.63. The van der Waals surface area contributed by atoms with E-state index in [1.54, 1.807) is 7.11 Å². The van der Waals surface area contributed by atoms with Gasteiger partial charge in [0.1, 0.15) is 5.75 Å². The Morgan fingerprint density at radius 3 is 2.76 bits per heavy atom. The van der Waals surface area contributed by atoms with Gasteiger partial charge in [0.05, 0.1) is 25.5 Å². The monoisotopic (exact) mass is 416 g/mol. The number of rotatable bonds is 7. The minimum absolute atomic E-state index is 0.0876. The standard InChI is InChI=1S/C20H24N4O4S/c1-27-15-8-6-14(7-9-15)19-21-22-20(24(19)12-16-4-3-11-28-16)29-13-18(26)23-10-2-5-17(23)25/h6-9,16H,2-5,10-13H2,1H3. The van der Waals surface area contributed by atoms with Gasteiger partial charge < -0.3 is 9.47 Å². The van der Waals surface area contributed by atoms with Gasteiger partial charge in [0.25, 0.3) is 0 Å². The first-order chi connectivity index (χ1) is 14.2. The third-order valence-corrected chi connectivity index (χ3v) is 6.13. The van der Waals surface area contributed by atoms with Crippen LogP contribution in [0.2, 0.25) is 0 Å². The smallest absolute Gasteiger partial charge is 0.239 e. The van der Waals surface area contributed by atoms with E-state index in [0.717, 1.165) is 43.0 Å². The minimum Gasteiger partial charge on any atom is -0.497 e. The number of amides is 2. The van der Waals surface area contributed by atoms with E-state index in [9.17, 15) is 9.59 Å². The predicted molar refractivity (Wildman–Crippen MR) is 108 cm³/mol. The fourth-order valence-electron chi connectivity index (χ4n) is 3.62. The van der Waals surface area contributed by atoms with Crippen molar-refractivity contribution in [2.75, 3.05) is 26.0 Å². The number of imide groups is 1. The maximum atomic E-state index is 12.4. The summed E-state index contributed by atoms with van der Waals surface area (Å²) in [5.41, 5.74) is 0.921. The number of carbonyl (C=O) groups is 2. The van der Waals surface area contributed by atoms with Crippen LogP contribution in [0.3, 0.4) is 0 Å². The second-order valence-electron chi connectivity index (χ2n) is 7.11. The van der Waals surface area contributed by atoms with Crippen molar-refractivity contribution in [2.24, 2.45) is 0 Å². The number of aromatic nitrogens is 3. The lowest BCUT2D eigenvalue weighted by Gasteiger charge is -2.16. The van der Waals surface area contributed by atoms with Crippen LogP contribution in [0.4, 0.5) is 0 Å². The van der Waals surface area contributed by atoms with Crippen LogP contribution in [0.5, 0.6) is 5.75 Å². The second kappa shape index (κ2) is 8.96. The lowest BCUT2D eigenvalue weighted by atomic mass is 10.2. The first kappa shape index (κ1) is 19.9. The summed E-state index contributed by atoms with van der Waals surface area (Å²) < 4.78 is 13.1. The molecule has 0 radical (unpaired) electrons. The minimum atomic E-state index is -0.171. The SMILES string of the molecule is COc1ccc(-c2nnc(SCC(=O)N3CCCC3=O)n2CC2CCCO2)cc1. The molecule has 0 spiro atoms. The van der Waals surface area contributed by atoms with E-state index >= 15 is 0 Å². The maximum absolute atomic E-state index is 12.4. The first-order valence-corrected chi connectivity index (χ1v) is 10.8. The number of carbonyl (C=O) groups excluding carboxylic acids is 2. The first-order valence-electron chi connectivity index (χ1n) is 9.81. The molecule has 9 heteroatoms. The lowest BCUT2D eigenvalue weighted by molar-refractivity contribution is -0.140. The summed E-state index contributed by atoms with van der Waals surface area (Å²) in [5, 5.41) is 9.37. The molecule has 154 valence electrons. The molecule has 2 aromatic rings. The summed E-state index contributed by atoms with van der Waals surface area (Å²) in [4.78, 5) is 25.6. The Bertz CT molecular complexity index is 877. The summed E-state index contributed by atoms with van der Waals surface area (Å²) in [5.74, 6) is 1.41. The zero-order chi connectivity index (χ0) is 20.2. The molecule has 0 N–H and O–H groups in total. The van der Waals surface area contributed by atoms with E-state index in [1.165, 1.54) is 16.7 Å². The van der Waals surface area contributed by atoms with E-state index in [1.807, 2.05) is 28.8 Å². The molecular formula is C20H24N4O4S. The molecule has 1 unspecified atom stereocenters. The van der Waals surface area contributed by atoms with Gasteiger partial charge >= 0.3 is 0 Å². The molecule has 4 rings (SSSR count). The number of likely N-dealkylation sites (tertiary alicyclic amines) is 1. The molecule has 2 aliphatic rings. The molecule has 0 bridgehead atoms. The van der Waals surface area contributed by atoms with Gasteiger partial charge in [-0.05, 0) is 43.5 Å². The van der Waals surface area contributed by atoms with Crippen LogP contribution in [0.1, 0.15) is 25.7 Å². The van der Waals surface area contributed by atoms with Gasteiger partial charge in [-0.2, -0.15) is 0 Å². The Morgan fingerprint density at radius 1 is 1.28 bits per heavy atom. The van der Waals surface area contributed by atoms with Gasteiger partial charge in [0.15, 0.2) is 11.0 Å². The van der Waals surface area contributed by atoms with Crippen molar-refractivity contribution in [3.05, 3.63) is 24.3 Å². The quantitative estimate of drug-likeness (QED) is 0.641. The molecule has 0 saturated carbocycles. The molecule has 1 aromatic heterocycles. The number of nitrogens with zero attached hydrogens (tertiary/aromatic N) is 4. The van der Waals surface area contributed by atoms with Gasteiger partial charge in [-0.15, -0.1) is 10.2 Å². The topological polar surface area (TPSA) is 86.6 Å². The molecule has 29 heavy (non-hydrogen) atoms. The van der Waals surface area contributed by atoms with Gasteiger partial charge in [-0.3, -0.25) is 19.1 Å². The van der Waals surface area contributed by atoms with Crippen molar-refractivity contribution >= 4 is 23.6 Å². The highest BCUT2D eigenvalue weighted by Crippen LogP contribution is 2.28. The Labute approximate surface area is 173 Å². The normalized spacial score (nSPS) is 19.1. The van der Waals surface area contributed by atoms with Gasteiger partial charge in [0.2, 0.25) is 11.8 Å². The van der Waals surface area contributed by atoms with Gasteiger partial charge in [-0.1, -0.05) is 11.8 Å². The largest absolute Gasteiger partial charge is 0.497 e. The molecule has 2 aliphatic heterocycles. The van der Waals surface area contributed by atoms with Crippen LogP contribution < -0.4 is 4.74 Å². The van der Waals surface area contributed by atoms with Crippen LogP contribution in [0.25, 0.3) is 11.4 Å². The maximum Gasteiger partial charge on any atom is 0.239 e. The van der Waals surface area contributed by atoms with Crippen LogP contribution >= 0.6 is 11.8 Å². The van der Waals surface area contributed by atoms with Crippen molar-refractivity contribution in [1.82, 2.24) is 19.7 Å². The Balaban J connectivity index is 1.54. The molecule has 1 atom stereocenters. The Morgan fingerprint density at radius 2 is 2.10 bits per heavy atom. The summed E-state index contributed by atoms with van der Waals surface area (Å²) in [6.07, 6.45) is 3.34. The molecule has 8 nitrogen and oxygen atoms in total. The zero-order valence-electron chi connectivity index (χ0n) is 16.4. The van der Waals surface area contributed by atoms with E-state index in [0.29, 0.717) is 24.7 Å². The number of ether oxygens (including phenoxy) is 2. The van der Waals surface area contributed by atoms with E-state index < -0.39 is 0 Å². The number of hydrogen-bond donors (Lipinski definition) is 0. The molecule has 1 aromatic carbocycles. The van der Waals surface area contributed by atoms with E-state index in [4.69, 9.17) is 9.47 Å². The van der Waals surface area contributed by atoms with Crippen LogP contribution in [-0.4, -0.2) is 63.6 Å². The molecule has 0 aliphatic carbocycles. The highest BCUT2D eigenvalue weighted by Gasteiger charge is 2.27. The van der Waals surface area contributed by atoms with Crippen LogP contribution in [0, 0.1) is 0 Å². The average Bonchev–Trinajstić information content (AvgIpc) is 3.49. The van der Waals surface area contributed by atoms with Crippen molar-refractivity contribution in [3.8, 4) is 17.1 Å². The summed E-state index contributed by atoms with van der Waals surface area (Å²) >= 11 is 1.32. The van der Waals surface area contributed by atoms with Crippen LogP contribution in [-0.2, 0) is 20.9 Å². The summed E-state index contributed by atoms with van der Waals surface area (Å²) in [6.45, 7) is 1.91. The third kappa shape index (κ3) is 4.45. The number of hydrogen-bond acceptors (Lipinski definition) is 7. The van der Waals surface area contributed by atoms with Gasteiger partial charge in [-0.25, -0.2) is 0 Å². The van der Waals surface area contributed by atoms with Crippen molar-refractivity contribution in [2.45, 2.75) is 43.5 Å². The third-order valence-electron chi connectivity index (χ3n) is 5.17. The fourth-order valence-corrected chi connectivity index (χ4v) is 4.45. The molecule has 2 saturated heterocycles. The Kier molecular flexibility index (Phi) is 6.15. The second-order valence-corrected chi connectivity index (χ2v) is 8.05. The number of thioether (sulfide) groups is 1. The number of methoxy groups -OCH3 is 1. The zero-order valence-corrected chi connectivity index (χ0v) is 17.2. The van der Waals surface area contributed by atoms with Crippen molar-refractivity contribution in [1.29, 1.82) is 0 Å². The molecular weight excluding hydrogens is 392 g/mol. The Hall–Kier alpha value is -2.39. The van der Waals surface area contributed by atoms with E-state index in [2.05, 4.69) is 10.2 Å². The lowest BCUT2D eigenvalue weighted by Crippen LogP contribution is -2.33. The molecule has 3 heterocycles. The molecule has 2 fully saturated rings. The summed E-state index contributed by atoms with van der Waals surface area (Å²) in [6, 6.07) is 7.65. The fraction of sp³-hybridized carbons (Fsp3) is 0.500.